The summed E-state index contributed by atoms with van der Waals surface area (Å²) in [6.45, 7) is 7.90. The van der Waals surface area contributed by atoms with Gasteiger partial charge in [0, 0.05) is 11.5 Å². The second-order valence-corrected chi connectivity index (χ2v) is 2.39. The molecule has 6 heteroatoms. The molecule has 0 spiro atoms. The molecule has 0 aromatic rings. The van der Waals surface area contributed by atoms with Gasteiger partial charge in [-0.2, -0.15) is 0 Å². The third kappa shape index (κ3) is 167. The molecule has 0 unspecified atom stereocenters. The first-order chi connectivity index (χ1) is 5.92. The van der Waals surface area contributed by atoms with E-state index in [1.165, 1.54) is 13.3 Å². The molecule has 0 aliphatic heterocycles. The zero-order chi connectivity index (χ0) is 11.3. The predicted molar refractivity (Wildman–Crippen MR) is 50.3 cm³/mol. The van der Waals surface area contributed by atoms with E-state index in [9.17, 15) is 4.79 Å². The SMILES string of the molecule is CCC.CCOC(C)=O.O=[P+](O)O. The fourth-order valence-electron chi connectivity index (χ4n) is 0.203. The van der Waals surface area contributed by atoms with Crippen LogP contribution in [-0.2, 0) is 14.1 Å². The molecular weight excluding hydrogens is 195 g/mol. The molecule has 2 N–H and O–H groups in total. The van der Waals surface area contributed by atoms with Crippen molar-refractivity contribution >= 4 is 14.2 Å². The van der Waals surface area contributed by atoms with Crippen LogP contribution in [0.5, 0.6) is 0 Å². The Morgan fingerprint density at radius 3 is 1.54 bits per heavy atom. The minimum absolute atomic E-state index is 0.211. The fourth-order valence-corrected chi connectivity index (χ4v) is 0.203. The van der Waals surface area contributed by atoms with E-state index in [-0.39, 0.29) is 5.97 Å². The zero-order valence-electron chi connectivity index (χ0n) is 8.48. The zero-order valence-corrected chi connectivity index (χ0v) is 9.38. The number of esters is 1. The van der Waals surface area contributed by atoms with E-state index in [0.717, 1.165) is 0 Å². The predicted octanol–water partition coefficient (Wildman–Crippen LogP) is 1.61. The summed E-state index contributed by atoms with van der Waals surface area (Å²) in [6, 6.07) is 0. The summed E-state index contributed by atoms with van der Waals surface area (Å²) in [5.74, 6) is -0.211. The van der Waals surface area contributed by atoms with E-state index in [1.807, 2.05) is 0 Å². The topological polar surface area (TPSA) is 83.8 Å². The Balaban J connectivity index is -0.000000125. The monoisotopic (exact) mass is 213 g/mol. The Labute approximate surface area is 79.7 Å². The first-order valence-corrected chi connectivity index (χ1v) is 5.07. The fraction of sp³-hybridized carbons (Fsp3) is 0.857. The number of carbonyl (C=O) groups is 1. The summed E-state index contributed by atoms with van der Waals surface area (Å²) in [4.78, 5) is 24.1. The van der Waals surface area contributed by atoms with Crippen LogP contribution in [0.25, 0.3) is 0 Å². The average molecular weight is 213 g/mol. The molecule has 0 rings (SSSR count). The second kappa shape index (κ2) is 17.5. The van der Waals surface area contributed by atoms with Gasteiger partial charge in [0.2, 0.25) is 0 Å². The van der Waals surface area contributed by atoms with Crippen molar-refractivity contribution in [1.29, 1.82) is 0 Å². The molecule has 0 aromatic heterocycles. The van der Waals surface area contributed by atoms with Crippen molar-refractivity contribution in [1.82, 2.24) is 0 Å². The van der Waals surface area contributed by atoms with Gasteiger partial charge in [0.1, 0.15) is 0 Å². The summed E-state index contributed by atoms with van der Waals surface area (Å²) >= 11 is 0. The highest BCUT2D eigenvalue weighted by Crippen LogP contribution is 1.98. The highest BCUT2D eigenvalue weighted by atomic mass is 31.1. The average Bonchev–Trinajstić information content (AvgIpc) is 1.86. The van der Waals surface area contributed by atoms with E-state index < -0.39 is 8.25 Å². The minimum atomic E-state index is -2.87. The lowest BCUT2D eigenvalue weighted by Crippen LogP contribution is -1.95. The maximum absolute atomic E-state index is 9.82. The van der Waals surface area contributed by atoms with Crippen LogP contribution in [0, 0.1) is 0 Å². The van der Waals surface area contributed by atoms with E-state index in [4.69, 9.17) is 14.4 Å². The van der Waals surface area contributed by atoms with Crippen LogP contribution in [0.1, 0.15) is 34.1 Å². The van der Waals surface area contributed by atoms with Crippen LogP contribution in [0.4, 0.5) is 0 Å². The molecule has 0 heterocycles. The van der Waals surface area contributed by atoms with Crippen molar-refractivity contribution in [3.8, 4) is 0 Å². The molecule has 0 fully saturated rings. The van der Waals surface area contributed by atoms with Gasteiger partial charge >= 0.3 is 14.2 Å². The van der Waals surface area contributed by atoms with Crippen molar-refractivity contribution in [3.63, 3.8) is 0 Å². The van der Waals surface area contributed by atoms with Gasteiger partial charge in [0.25, 0.3) is 0 Å². The van der Waals surface area contributed by atoms with Crippen LogP contribution in [0.3, 0.4) is 0 Å². The molecule has 0 saturated heterocycles. The van der Waals surface area contributed by atoms with Gasteiger partial charge in [-0.1, -0.05) is 20.3 Å². The Morgan fingerprint density at radius 2 is 1.54 bits per heavy atom. The number of carbonyl (C=O) groups excluding carboxylic acids is 1. The van der Waals surface area contributed by atoms with Gasteiger partial charge in [-0.25, -0.2) is 0 Å². The highest BCUT2D eigenvalue weighted by molar-refractivity contribution is 7.30. The quantitative estimate of drug-likeness (QED) is 0.510. The molecule has 0 atom stereocenters. The van der Waals surface area contributed by atoms with Gasteiger partial charge < -0.3 is 4.74 Å². The van der Waals surface area contributed by atoms with Gasteiger partial charge in [-0.3, -0.25) is 4.79 Å². The maximum atomic E-state index is 9.82. The third-order valence-electron chi connectivity index (χ3n) is 0.348. The van der Waals surface area contributed by atoms with Crippen molar-refractivity contribution in [2.75, 3.05) is 6.61 Å². The Morgan fingerprint density at radius 1 is 1.31 bits per heavy atom. The highest BCUT2D eigenvalue weighted by Gasteiger charge is 1.93. The normalized spacial score (nSPS) is 6.92. The second-order valence-electron chi connectivity index (χ2n) is 1.88. The molecule has 0 amide bonds. The summed E-state index contributed by atoms with van der Waals surface area (Å²) in [6.07, 6.45) is 1.25. The Bertz CT molecular complexity index is 122. The van der Waals surface area contributed by atoms with Crippen molar-refractivity contribution in [2.24, 2.45) is 0 Å². The largest absolute Gasteiger partial charge is 0.692 e. The van der Waals surface area contributed by atoms with E-state index in [1.54, 1.807) is 6.92 Å². The lowest BCUT2D eigenvalue weighted by atomic mass is 10.6. The van der Waals surface area contributed by atoms with Crippen molar-refractivity contribution in [3.05, 3.63) is 0 Å². The van der Waals surface area contributed by atoms with Gasteiger partial charge in [-0.15, -0.1) is 9.79 Å². The van der Waals surface area contributed by atoms with E-state index in [2.05, 4.69) is 18.6 Å². The molecule has 0 radical (unpaired) electrons. The summed E-state index contributed by atoms with van der Waals surface area (Å²) in [7, 11) is -2.87. The van der Waals surface area contributed by atoms with Crippen molar-refractivity contribution in [2.45, 2.75) is 34.1 Å². The van der Waals surface area contributed by atoms with Crippen molar-refractivity contribution < 1.29 is 23.9 Å². The molecule has 80 valence electrons. The molecule has 0 aromatic carbocycles. The van der Waals surface area contributed by atoms with Crippen LogP contribution in [0.2, 0.25) is 0 Å². The first kappa shape index (κ1) is 18.3. The lowest BCUT2D eigenvalue weighted by Gasteiger charge is -1.89. The molecule has 5 nitrogen and oxygen atoms in total. The molecular formula is C7H18O5P+. The number of ether oxygens (including phenoxy) is 1. The third-order valence-corrected chi connectivity index (χ3v) is 0.348. The van der Waals surface area contributed by atoms with E-state index >= 15 is 0 Å². The van der Waals surface area contributed by atoms with Crippen LogP contribution < -0.4 is 0 Å². The van der Waals surface area contributed by atoms with Crippen LogP contribution >= 0.6 is 8.25 Å². The van der Waals surface area contributed by atoms with Crippen LogP contribution in [-0.4, -0.2) is 22.4 Å². The van der Waals surface area contributed by atoms with E-state index in [0.29, 0.717) is 6.61 Å². The molecule has 13 heavy (non-hydrogen) atoms. The smallest absolute Gasteiger partial charge is 0.466 e. The molecule has 0 bridgehead atoms. The summed E-state index contributed by atoms with van der Waals surface area (Å²) < 4.78 is 13.1. The Hall–Kier alpha value is -0.510. The molecule has 0 aliphatic carbocycles. The number of hydrogen-bond donors (Lipinski definition) is 2. The van der Waals surface area contributed by atoms with Gasteiger partial charge in [0.15, 0.2) is 0 Å². The van der Waals surface area contributed by atoms with Crippen LogP contribution in [0.15, 0.2) is 0 Å². The summed E-state index contributed by atoms with van der Waals surface area (Å²) in [5, 5.41) is 0. The van der Waals surface area contributed by atoms with Gasteiger partial charge in [-0.05, 0) is 6.92 Å². The number of rotatable bonds is 1. The molecule has 0 aliphatic rings. The first-order valence-electron chi connectivity index (χ1n) is 3.90. The maximum Gasteiger partial charge on any atom is 0.692 e. The lowest BCUT2D eigenvalue weighted by molar-refractivity contribution is -0.140. The molecule has 0 saturated carbocycles. The number of hydrogen-bond acceptors (Lipinski definition) is 3. The summed E-state index contributed by atoms with van der Waals surface area (Å²) in [5.41, 5.74) is 0. The standard InChI is InChI=1S/C4H8O2.C3H8.HO3P/c1-3-6-4(2)5;1-3-2;1-4(2)3/h3H2,1-2H3;3H2,1-2H3;(H-,1,2,3)/p+1. The van der Waals surface area contributed by atoms with Gasteiger partial charge in [0.05, 0.1) is 6.61 Å². The minimum Gasteiger partial charge on any atom is -0.466 e. The Kier molecular flexibility index (Phi) is 24.7.